The normalized spacial score (nSPS) is 13.3. The highest BCUT2D eigenvalue weighted by molar-refractivity contribution is 7.80. The van der Waals surface area contributed by atoms with E-state index in [0.717, 1.165) is 36.0 Å². The van der Waals surface area contributed by atoms with Gasteiger partial charge in [-0.2, -0.15) is 9.97 Å². The van der Waals surface area contributed by atoms with E-state index < -0.39 is 0 Å². The van der Waals surface area contributed by atoms with Crippen LogP contribution in [0.25, 0.3) is 11.3 Å². The molecule has 1 fully saturated rings. The highest BCUT2D eigenvalue weighted by Gasteiger charge is 2.16. The molecular formula is C26H25N5O3S. The van der Waals surface area contributed by atoms with Gasteiger partial charge in [-0.25, -0.2) is 0 Å². The number of nitrogens with zero attached hydrogens (tertiary/aromatic N) is 3. The second kappa shape index (κ2) is 11.0. The summed E-state index contributed by atoms with van der Waals surface area (Å²) in [5.74, 6) is 3.80. The van der Waals surface area contributed by atoms with Crippen molar-refractivity contribution < 1.29 is 13.9 Å². The number of furan rings is 1. The van der Waals surface area contributed by atoms with Gasteiger partial charge in [-0.05, 0) is 36.5 Å². The molecule has 2 N–H and O–H groups in total. The van der Waals surface area contributed by atoms with Crippen molar-refractivity contribution in [2.45, 2.75) is 6.54 Å². The van der Waals surface area contributed by atoms with E-state index in [1.807, 2.05) is 78.9 Å². The Morgan fingerprint density at radius 1 is 0.943 bits per heavy atom. The van der Waals surface area contributed by atoms with E-state index in [2.05, 4.69) is 25.5 Å². The van der Waals surface area contributed by atoms with E-state index in [1.54, 1.807) is 0 Å². The zero-order chi connectivity index (χ0) is 23.9. The van der Waals surface area contributed by atoms with Crippen LogP contribution in [0.3, 0.4) is 0 Å². The standard InChI is InChI=1S/C26H25N5O3S/c35-26(27-18-21-11-12-22(33-21)19-7-3-1-4-8-19)30-25-28-23(31-13-15-32-16-14-31)17-24(29-25)34-20-9-5-2-6-10-20/h1-12,17H,13-16,18H2,(H2,27,28,29,30,35). The Bertz CT molecular complexity index is 1260. The fourth-order valence-corrected chi connectivity index (χ4v) is 3.79. The zero-order valence-corrected chi connectivity index (χ0v) is 19.8. The molecule has 1 aliphatic heterocycles. The minimum Gasteiger partial charge on any atom is -0.459 e. The quantitative estimate of drug-likeness (QED) is 0.355. The number of anilines is 2. The number of benzene rings is 2. The summed E-state index contributed by atoms with van der Waals surface area (Å²) in [6, 6.07) is 25.2. The van der Waals surface area contributed by atoms with Crippen molar-refractivity contribution in [1.82, 2.24) is 15.3 Å². The van der Waals surface area contributed by atoms with Gasteiger partial charge in [0.05, 0.1) is 19.8 Å². The monoisotopic (exact) mass is 487 g/mol. The maximum absolute atomic E-state index is 5.98. The lowest BCUT2D eigenvalue weighted by Crippen LogP contribution is -2.37. The molecule has 2 aromatic heterocycles. The third-order valence-electron chi connectivity index (χ3n) is 5.36. The third-order valence-corrected chi connectivity index (χ3v) is 5.60. The van der Waals surface area contributed by atoms with Crippen LogP contribution in [0.2, 0.25) is 0 Å². The van der Waals surface area contributed by atoms with Gasteiger partial charge in [0.15, 0.2) is 5.11 Å². The number of para-hydroxylation sites is 1. The fraction of sp³-hybridized carbons (Fsp3) is 0.192. The molecular weight excluding hydrogens is 462 g/mol. The Morgan fingerprint density at radius 2 is 1.69 bits per heavy atom. The molecule has 2 aromatic carbocycles. The summed E-state index contributed by atoms with van der Waals surface area (Å²) in [7, 11) is 0. The minimum absolute atomic E-state index is 0.349. The van der Waals surface area contributed by atoms with Crippen molar-refractivity contribution in [1.29, 1.82) is 0 Å². The van der Waals surface area contributed by atoms with Crippen molar-refractivity contribution in [3.8, 4) is 23.0 Å². The molecule has 3 heterocycles. The maximum Gasteiger partial charge on any atom is 0.234 e. The molecule has 0 unspecified atom stereocenters. The van der Waals surface area contributed by atoms with Crippen molar-refractivity contribution in [3.05, 3.63) is 84.6 Å². The average Bonchev–Trinajstić information content (AvgIpc) is 3.38. The van der Waals surface area contributed by atoms with Crippen LogP contribution < -0.4 is 20.3 Å². The molecule has 0 saturated carbocycles. The van der Waals surface area contributed by atoms with Gasteiger partial charge >= 0.3 is 0 Å². The van der Waals surface area contributed by atoms with Crippen LogP contribution >= 0.6 is 12.2 Å². The molecule has 9 heteroatoms. The predicted molar refractivity (Wildman–Crippen MR) is 139 cm³/mol. The van der Waals surface area contributed by atoms with Crippen molar-refractivity contribution in [3.63, 3.8) is 0 Å². The SMILES string of the molecule is S=C(NCc1ccc(-c2ccccc2)o1)Nc1nc(Oc2ccccc2)cc(N2CCOCC2)n1. The van der Waals surface area contributed by atoms with Gasteiger partial charge in [0.1, 0.15) is 23.1 Å². The summed E-state index contributed by atoms with van der Waals surface area (Å²) in [5.41, 5.74) is 1.03. The van der Waals surface area contributed by atoms with E-state index in [9.17, 15) is 0 Å². The summed E-state index contributed by atoms with van der Waals surface area (Å²) in [5, 5.41) is 6.61. The van der Waals surface area contributed by atoms with E-state index in [-0.39, 0.29) is 0 Å². The molecule has 4 aromatic rings. The lowest BCUT2D eigenvalue weighted by atomic mass is 10.2. The van der Waals surface area contributed by atoms with Gasteiger partial charge in [-0.1, -0.05) is 48.5 Å². The van der Waals surface area contributed by atoms with Gasteiger partial charge in [-0.15, -0.1) is 0 Å². The molecule has 0 radical (unpaired) electrons. The third kappa shape index (κ3) is 6.14. The van der Waals surface area contributed by atoms with Gasteiger partial charge in [0.2, 0.25) is 11.8 Å². The first-order valence-electron chi connectivity index (χ1n) is 11.4. The highest BCUT2D eigenvalue weighted by Crippen LogP contribution is 2.25. The van der Waals surface area contributed by atoms with Crippen molar-refractivity contribution >= 4 is 29.1 Å². The van der Waals surface area contributed by atoms with E-state index in [1.165, 1.54) is 0 Å². The molecule has 0 amide bonds. The first-order valence-corrected chi connectivity index (χ1v) is 11.8. The van der Waals surface area contributed by atoms with Crippen LogP contribution in [0.1, 0.15) is 5.76 Å². The second-order valence-electron chi connectivity index (χ2n) is 7.84. The summed E-state index contributed by atoms with van der Waals surface area (Å²) >= 11 is 5.49. The van der Waals surface area contributed by atoms with Gasteiger partial charge in [0.25, 0.3) is 0 Å². The second-order valence-corrected chi connectivity index (χ2v) is 8.25. The molecule has 0 bridgehead atoms. The number of hydrogen-bond acceptors (Lipinski definition) is 7. The molecule has 0 atom stereocenters. The maximum atomic E-state index is 5.98. The van der Waals surface area contributed by atoms with Crippen molar-refractivity contribution in [2.24, 2.45) is 0 Å². The van der Waals surface area contributed by atoms with E-state index >= 15 is 0 Å². The molecule has 1 saturated heterocycles. The first-order chi connectivity index (χ1) is 17.2. The lowest BCUT2D eigenvalue weighted by molar-refractivity contribution is 0.122. The smallest absolute Gasteiger partial charge is 0.234 e. The predicted octanol–water partition coefficient (Wildman–Crippen LogP) is 4.85. The van der Waals surface area contributed by atoms with Crippen LogP contribution in [-0.4, -0.2) is 41.4 Å². The minimum atomic E-state index is 0.349. The van der Waals surface area contributed by atoms with Crippen molar-refractivity contribution in [2.75, 3.05) is 36.5 Å². The number of nitrogens with one attached hydrogen (secondary N) is 2. The van der Waals surface area contributed by atoms with Gasteiger partial charge in [0, 0.05) is 24.7 Å². The number of ether oxygens (including phenoxy) is 2. The number of morpholine rings is 1. The summed E-state index contributed by atoms with van der Waals surface area (Å²) in [6.45, 7) is 3.21. The van der Waals surface area contributed by atoms with Crippen LogP contribution in [0.15, 0.2) is 83.3 Å². The highest BCUT2D eigenvalue weighted by atomic mass is 32.1. The first kappa shape index (κ1) is 22.8. The topological polar surface area (TPSA) is 84.7 Å². The summed E-state index contributed by atoms with van der Waals surface area (Å²) in [4.78, 5) is 11.3. The average molecular weight is 488 g/mol. The Balaban J connectivity index is 1.27. The number of rotatable bonds is 7. The van der Waals surface area contributed by atoms with Gasteiger partial charge < -0.3 is 29.4 Å². The summed E-state index contributed by atoms with van der Waals surface area (Å²) in [6.07, 6.45) is 0. The molecule has 178 valence electrons. The van der Waals surface area contributed by atoms with E-state index in [0.29, 0.717) is 42.4 Å². The van der Waals surface area contributed by atoms with Crippen LogP contribution in [0, 0.1) is 0 Å². The largest absolute Gasteiger partial charge is 0.459 e. The Kier molecular flexibility index (Phi) is 7.16. The Labute approximate surface area is 208 Å². The number of hydrogen-bond donors (Lipinski definition) is 2. The fourth-order valence-electron chi connectivity index (χ4n) is 3.63. The molecule has 1 aliphatic rings. The number of thiocarbonyl (C=S) groups is 1. The van der Waals surface area contributed by atoms with E-state index in [4.69, 9.17) is 26.1 Å². The Hall–Kier alpha value is -3.95. The molecule has 5 rings (SSSR count). The zero-order valence-electron chi connectivity index (χ0n) is 19.0. The van der Waals surface area contributed by atoms with Crippen LogP contribution in [-0.2, 0) is 11.3 Å². The summed E-state index contributed by atoms with van der Waals surface area (Å²) < 4.78 is 17.4. The molecule has 8 nitrogen and oxygen atoms in total. The molecule has 35 heavy (non-hydrogen) atoms. The Morgan fingerprint density at radius 3 is 2.46 bits per heavy atom. The van der Waals surface area contributed by atoms with Gasteiger partial charge in [-0.3, -0.25) is 0 Å². The molecule has 0 aliphatic carbocycles. The van der Waals surface area contributed by atoms with Crippen LogP contribution in [0.5, 0.6) is 11.6 Å². The molecule has 0 spiro atoms. The lowest BCUT2D eigenvalue weighted by Gasteiger charge is -2.28. The van der Waals surface area contributed by atoms with Crippen LogP contribution in [0.4, 0.5) is 11.8 Å². The number of aromatic nitrogens is 2.